The Balaban J connectivity index is 1.90. The standard InChI is InChI=1S/C20H35N3O2/c1-17(2)15-22-19(21-12-8-18-7-6-13-25-18)23-16-20(11-14-24-3)9-4-5-10-20/h6-7,13,17H,4-5,8-12,14-16H2,1-3H3,(H2,21,22,23). The van der Waals surface area contributed by atoms with Gasteiger partial charge in [0.1, 0.15) is 5.76 Å². The average Bonchev–Trinajstić information content (AvgIpc) is 3.27. The van der Waals surface area contributed by atoms with Gasteiger partial charge >= 0.3 is 0 Å². The SMILES string of the molecule is COCCC1(CN=C(NCCc2ccco2)NCC(C)C)CCCC1. The van der Waals surface area contributed by atoms with Crippen molar-refractivity contribution < 1.29 is 9.15 Å². The van der Waals surface area contributed by atoms with E-state index in [0.29, 0.717) is 11.3 Å². The van der Waals surface area contributed by atoms with Gasteiger partial charge in [-0.3, -0.25) is 4.99 Å². The summed E-state index contributed by atoms with van der Waals surface area (Å²) in [7, 11) is 1.79. The lowest BCUT2D eigenvalue weighted by Crippen LogP contribution is -2.41. The van der Waals surface area contributed by atoms with Crippen LogP contribution in [0.15, 0.2) is 27.8 Å². The fourth-order valence-electron chi connectivity index (χ4n) is 3.41. The third-order valence-electron chi connectivity index (χ3n) is 5.00. The molecular formula is C20H35N3O2. The molecule has 0 unspecified atom stereocenters. The van der Waals surface area contributed by atoms with Crippen LogP contribution in [0.25, 0.3) is 0 Å². The first-order valence-electron chi connectivity index (χ1n) is 9.67. The molecule has 2 N–H and O–H groups in total. The summed E-state index contributed by atoms with van der Waals surface area (Å²) in [5.41, 5.74) is 0.323. The van der Waals surface area contributed by atoms with Crippen LogP contribution in [-0.2, 0) is 11.2 Å². The van der Waals surface area contributed by atoms with E-state index in [9.17, 15) is 0 Å². The second-order valence-electron chi connectivity index (χ2n) is 7.65. The van der Waals surface area contributed by atoms with E-state index in [4.69, 9.17) is 14.1 Å². The van der Waals surface area contributed by atoms with Gasteiger partial charge in [-0.2, -0.15) is 0 Å². The van der Waals surface area contributed by atoms with Gasteiger partial charge in [0, 0.05) is 39.8 Å². The highest BCUT2D eigenvalue weighted by molar-refractivity contribution is 5.79. The van der Waals surface area contributed by atoms with E-state index >= 15 is 0 Å². The lowest BCUT2D eigenvalue weighted by Gasteiger charge is -2.27. The number of nitrogens with one attached hydrogen (secondary N) is 2. The monoisotopic (exact) mass is 349 g/mol. The van der Waals surface area contributed by atoms with E-state index in [1.54, 1.807) is 13.4 Å². The molecule has 0 bridgehead atoms. The molecule has 1 aliphatic carbocycles. The zero-order valence-electron chi connectivity index (χ0n) is 16.1. The zero-order chi connectivity index (χ0) is 18.0. The minimum atomic E-state index is 0.323. The van der Waals surface area contributed by atoms with Crippen LogP contribution in [0.4, 0.5) is 0 Å². The van der Waals surface area contributed by atoms with Gasteiger partial charge in [-0.05, 0) is 42.7 Å². The molecule has 0 aliphatic heterocycles. The van der Waals surface area contributed by atoms with Crippen LogP contribution in [0.1, 0.15) is 51.7 Å². The van der Waals surface area contributed by atoms with Gasteiger partial charge < -0.3 is 19.8 Å². The normalized spacial score (nSPS) is 17.2. The second kappa shape index (κ2) is 10.5. The van der Waals surface area contributed by atoms with Gasteiger partial charge in [0.2, 0.25) is 0 Å². The molecule has 142 valence electrons. The molecule has 1 aromatic rings. The zero-order valence-corrected chi connectivity index (χ0v) is 16.1. The highest BCUT2D eigenvalue weighted by Crippen LogP contribution is 2.41. The first-order chi connectivity index (χ1) is 12.1. The number of aliphatic imine (C=N–C) groups is 1. The molecular weight excluding hydrogens is 314 g/mol. The van der Waals surface area contributed by atoms with Crippen LogP contribution in [0.3, 0.4) is 0 Å². The molecule has 1 aromatic heterocycles. The van der Waals surface area contributed by atoms with Crippen molar-refractivity contribution in [3.8, 4) is 0 Å². The number of furan rings is 1. The number of hydrogen-bond acceptors (Lipinski definition) is 3. The molecule has 0 saturated heterocycles. The van der Waals surface area contributed by atoms with Crippen LogP contribution < -0.4 is 10.6 Å². The van der Waals surface area contributed by atoms with Crippen molar-refractivity contribution in [2.24, 2.45) is 16.3 Å². The maximum atomic E-state index is 5.40. The predicted octanol–water partition coefficient (Wildman–Crippen LogP) is 3.61. The lowest BCUT2D eigenvalue weighted by atomic mass is 9.83. The Hall–Kier alpha value is -1.49. The molecule has 0 radical (unpaired) electrons. The fourth-order valence-corrected chi connectivity index (χ4v) is 3.41. The summed E-state index contributed by atoms with van der Waals surface area (Å²) in [6.45, 7) is 7.88. The highest BCUT2D eigenvalue weighted by Gasteiger charge is 2.33. The largest absolute Gasteiger partial charge is 0.469 e. The fraction of sp³-hybridized carbons (Fsp3) is 0.750. The molecule has 0 atom stereocenters. The number of nitrogens with zero attached hydrogens (tertiary/aromatic N) is 1. The van der Waals surface area contributed by atoms with E-state index in [0.717, 1.165) is 50.8 Å². The number of hydrogen-bond donors (Lipinski definition) is 2. The quantitative estimate of drug-likeness (QED) is 0.500. The van der Waals surface area contributed by atoms with Gasteiger partial charge in [-0.1, -0.05) is 26.7 Å². The van der Waals surface area contributed by atoms with Gasteiger partial charge in [-0.15, -0.1) is 0 Å². The summed E-state index contributed by atoms with van der Waals surface area (Å²) < 4.78 is 10.7. The Labute approximate surface area is 152 Å². The molecule has 0 amide bonds. The molecule has 2 rings (SSSR count). The third kappa shape index (κ3) is 7.10. The Morgan fingerprint density at radius 1 is 1.32 bits per heavy atom. The number of ether oxygens (including phenoxy) is 1. The van der Waals surface area contributed by atoms with E-state index < -0.39 is 0 Å². The van der Waals surface area contributed by atoms with Crippen LogP contribution in [-0.4, -0.2) is 39.3 Å². The average molecular weight is 350 g/mol. The van der Waals surface area contributed by atoms with Crippen molar-refractivity contribution in [1.29, 1.82) is 0 Å². The van der Waals surface area contributed by atoms with Crippen LogP contribution >= 0.6 is 0 Å². The topological polar surface area (TPSA) is 58.8 Å². The van der Waals surface area contributed by atoms with Crippen molar-refractivity contribution in [2.45, 2.75) is 52.4 Å². The summed E-state index contributed by atoms with van der Waals surface area (Å²) in [6.07, 6.45) is 8.87. The van der Waals surface area contributed by atoms with Gasteiger partial charge in [-0.25, -0.2) is 0 Å². The Morgan fingerprint density at radius 2 is 2.12 bits per heavy atom. The minimum absolute atomic E-state index is 0.323. The molecule has 1 saturated carbocycles. The van der Waals surface area contributed by atoms with Crippen molar-refractivity contribution in [3.05, 3.63) is 24.2 Å². The number of rotatable bonds is 10. The first kappa shape index (κ1) is 19.8. The molecule has 0 spiro atoms. The van der Waals surface area contributed by atoms with E-state index in [2.05, 4.69) is 24.5 Å². The van der Waals surface area contributed by atoms with Crippen LogP contribution in [0.2, 0.25) is 0 Å². The highest BCUT2D eigenvalue weighted by atomic mass is 16.5. The van der Waals surface area contributed by atoms with Crippen molar-refractivity contribution in [2.75, 3.05) is 33.4 Å². The summed E-state index contributed by atoms with van der Waals surface area (Å²) >= 11 is 0. The maximum absolute atomic E-state index is 5.40. The molecule has 5 heteroatoms. The summed E-state index contributed by atoms with van der Waals surface area (Å²) in [4.78, 5) is 4.93. The first-order valence-corrected chi connectivity index (χ1v) is 9.67. The summed E-state index contributed by atoms with van der Waals surface area (Å²) in [5, 5.41) is 6.93. The molecule has 25 heavy (non-hydrogen) atoms. The third-order valence-corrected chi connectivity index (χ3v) is 5.00. The smallest absolute Gasteiger partial charge is 0.191 e. The molecule has 0 aromatic carbocycles. The Kier molecular flexibility index (Phi) is 8.32. The second-order valence-corrected chi connectivity index (χ2v) is 7.65. The number of guanidine groups is 1. The molecule has 1 fully saturated rings. The van der Waals surface area contributed by atoms with E-state index in [1.165, 1.54) is 25.7 Å². The van der Waals surface area contributed by atoms with Gasteiger partial charge in [0.15, 0.2) is 5.96 Å². The summed E-state index contributed by atoms with van der Waals surface area (Å²) in [6, 6.07) is 3.94. The molecule has 5 nitrogen and oxygen atoms in total. The lowest BCUT2D eigenvalue weighted by molar-refractivity contribution is 0.141. The van der Waals surface area contributed by atoms with E-state index in [1.807, 2.05) is 12.1 Å². The van der Waals surface area contributed by atoms with Gasteiger partial charge in [0.05, 0.1) is 6.26 Å². The van der Waals surface area contributed by atoms with Crippen molar-refractivity contribution >= 4 is 5.96 Å². The van der Waals surface area contributed by atoms with Crippen molar-refractivity contribution in [3.63, 3.8) is 0 Å². The number of methoxy groups -OCH3 is 1. The van der Waals surface area contributed by atoms with Crippen LogP contribution in [0.5, 0.6) is 0 Å². The molecule has 1 aliphatic rings. The van der Waals surface area contributed by atoms with E-state index in [-0.39, 0.29) is 0 Å². The Bertz CT molecular complexity index is 491. The maximum Gasteiger partial charge on any atom is 0.191 e. The Morgan fingerprint density at radius 3 is 2.76 bits per heavy atom. The summed E-state index contributed by atoms with van der Waals surface area (Å²) in [5.74, 6) is 2.51. The van der Waals surface area contributed by atoms with Gasteiger partial charge in [0.25, 0.3) is 0 Å². The molecule has 1 heterocycles. The van der Waals surface area contributed by atoms with Crippen molar-refractivity contribution in [1.82, 2.24) is 10.6 Å². The van der Waals surface area contributed by atoms with Crippen LogP contribution in [0, 0.1) is 11.3 Å². The predicted molar refractivity (Wildman–Crippen MR) is 103 cm³/mol. The minimum Gasteiger partial charge on any atom is -0.469 e.